The predicted octanol–water partition coefficient (Wildman–Crippen LogP) is 3.42. The van der Waals surface area contributed by atoms with Crippen LogP contribution in [0.3, 0.4) is 0 Å². The van der Waals surface area contributed by atoms with Crippen LogP contribution in [0.1, 0.15) is 29.2 Å². The molecule has 0 radical (unpaired) electrons. The van der Waals surface area contributed by atoms with Crippen LogP contribution in [0.4, 0.5) is 5.69 Å². The molecule has 0 saturated carbocycles. The van der Waals surface area contributed by atoms with Gasteiger partial charge in [-0.15, -0.1) is 0 Å². The van der Waals surface area contributed by atoms with Crippen LogP contribution in [0.5, 0.6) is 0 Å². The summed E-state index contributed by atoms with van der Waals surface area (Å²) < 4.78 is 0. The molecule has 1 amide bonds. The topological polar surface area (TPSA) is 55.1 Å². The maximum atomic E-state index is 12.1. The first-order valence-corrected chi connectivity index (χ1v) is 7.06. The first-order valence-electron chi connectivity index (χ1n) is 7.06. The fraction of sp³-hybridized carbons (Fsp3) is 0.278. The summed E-state index contributed by atoms with van der Waals surface area (Å²) in [4.78, 5) is 12.1. The Labute approximate surface area is 126 Å². The van der Waals surface area contributed by atoms with E-state index in [1.54, 1.807) is 0 Å². The van der Waals surface area contributed by atoms with E-state index >= 15 is 0 Å². The zero-order valence-electron chi connectivity index (χ0n) is 13.0. The number of carbonyl (C=O) groups is 1. The molecule has 3 heteroatoms. The van der Waals surface area contributed by atoms with Gasteiger partial charge in [-0.25, -0.2) is 0 Å². The van der Waals surface area contributed by atoms with E-state index in [4.69, 9.17) is 5.73 Å². The first kappa shape index (κ1) is 15.1. The van der Waals surface area contributed by atoms with Crippen molar-refractivity contribution >= 4 is 11.6 Å². The molecule has 0 fully saturated rings. The van der Waals surface area contributed by atoms with Crippen molar-refractivity contribution in [3.8, 4) is 0 Å². The van der Waals surface area contributed by atoms with E-state index in [0.29, 0.717) is 0 Å². The molecule has 1 unspecified atom stereocenters. The van der Waals surface area contributed by atoms with Gasteiger partial charge in [-0.2, -0.15) is 0 Å². The number of amides is 1. The number of nitrogens with one attached hydrogen (secondary N) is 1. The Morgan fingerprint density at radius 1 is 1.05 bits per heavy atom. The summed E-state index contributed by atoms with van der Waals surface area (Å²) in [5.41, 5.74) is 9.89. The average molecular weight is 282 g/mol. The first-order chi connectivity index (χ1) is 9.84. The number of hydrogen-bond acceptors (Lipinski definition) is 2. The van der Waals surface area contributed by atoms with Crippen LogP contribution < -0.4 is 11.1 Å². The summed E-state index contributed by atoms with van der Waals surface area (Å²) in [6.07, 6.45) is 0. The Hall–Kier alpha value is -2.29. The monoisotopic (exact) mass is 282 g/mol. The molecular formula is C18H22N2O. The molecule has 1 atom stereocenters. The Bertz CT molecular complexity index is 679. The average Bonchev–Trinajstić information content (AvgIpc) is 2.41. The van der Waals surface area contributed by atoms with Crippen molar-refractivity contribution in [2.24, 2.45) is 5.73 Å². The van der Waals surface area contributed by atoms with Gasteiger partial charge in [0.1, 0.15) is 5.54 Å². The molecule has 0 saturated heterocycles. The fourth-order valence-corrected chi connectivity index (χ4v) is 2.62. The van der Waals surface area contributed by atoms with E-state index in [2.05, 4.69) is 11.4 Å². The fourth-order valence-electron chi connectivity index (χ4n) is 2.62. The van der Waals surface area contributed by atoms with Gasteiger partial charge >= 0.3 is 0 Å². The molecule has 0 aromatic heterocycles. The smallest absolute Gasteiger partial charge is 0.247 e. The van der Waals surface area contributed by atoms with Gasteiger partial charge in [0.25, 0.3) is 0 Å². The normalized spacial score (nSPS) is 13.5. The van der Waals surface area contributed by atoms with Crippen LogP contribution in [0.2, 0.25) is 0 Å². The van der Waals surface area contributed by atoms with Crippen molar-refractivity contribution in [1.29, 1.82) is 0 Å². The van der Waals surface area contributed by atoms with Gasteiger partial charge in [-0.3, -0.25) is 4.79 Å². The minimum Gasteiger partial charge on any atom is -0.368 e. The molecule has 0 heterocycles. The van der Waals surface area contributed by atoms with Crippen LogP contribution in [0.25, 0.3) is 0 Å². The number of anilines is 1. The van der Waals surface area contributed by atoms with Crippen LogP contribution in [0.15, 0.2) is 42.5 Å². The zero-order valence-corrected chi connectivity index (χ0v) is 13.0. The molecule has 0 aliphatic heterocycles. The molecule has 2 rings (SSSR count). The lowest BCUT2D eigenvalue weighted by molar-refractivity contribution is -0.122. The maximum absolute atomic E-state index is 12.1. The van der Waals surface area contributed by atoms with Gasteiger partial charge in [0, 0.05) is 5.69 Å². The lowest BCUT2D eigenvalue weighted by Gasteiger charge is -2.31. The number of hydrogen-bond donors (Lipinski definition) is 2. The van der Waals surface area contributed by atoms with Crippen molar-refractivity contribution in [1.82, 2.24) is 0 Å². The summed E-state index contributed by atoms with van der Waals surface area (Å²) in [6, 6.07) is 13.9. The molecule has 0 aliphatic carbocycles. The summed E-state index contributed by atoms with van der Waals surface area (Å²) in [6.45, 7) is 7.88. The summed E-state index contributed by atoms with van der Waals surface area (Å²) in [7, 11) is 0. The molecule has 110 valence electrons. The zero-order chi connectivity index (χ0) is 15.6. The van der Waals surface area contributed by atoms with E-state index in [9.17, 15) is 4.79 Å². The number of nitrogens with two attached hydrogens (primary N) is 1. The van der Waals surface area contributed by atoms with Gasteiger partial charge in [0.05, 0.1) is 0 Å². The second-order valence-electron chi connectivity index (χ2n) is 5.75. The van der Waals surface area contributed by atoms with Crippen LogP contribution in [-0.4, -0.2) is 5.91 Å². The molecule has 3 N–H and O–H groups in total. The minimum atomic E-state index is -0.941. The Kier molecular flexibility index (Phi) is 4.03. The van der Waals surface area contributed by atoms with E-state index < -0.39 is 11.4 Å². The highest BCUT2D eigenvalue weighted by molar-refractivity contribution is 5.89. The molecule has 0 aliphatic rings. The Balaban J connectivity index is 2.51. The van der Waals surface area contributed by atoms with Crippen molar-refractivity contribution in [2.45, 2.75) is 33.2 Å². The van der Waals surface area contributed by atoms with Gasteiger partial charge in [0.2, 0.25) is 5.91 Å². The number of aryl methyl sites for hydroxylation is 3. The highest BCUT2D eigenvalue weighted by atomic mass is 16.1. The van der Waals surface area contributed by atoms with Gasteiger partial charge in [-0.1, -0.05) is 42.0 Å². The van der Waals surface area contributed by atoms with E-state index in [1.165, 1.54) is 5.56 Å². The second-order valence-corrected chi connectivity index (χ2v) is 5.75. The number of carbonyl (C=O) groups excluding carboxylic acids is 1. The molecule has 2 aromatic rings. The quantitative estimate of drug-likeness (QED) is 0.902. The van der Waals surface area contributed by atoms with Crippen LogP contribution in [0, 0.1) is 20.8 Å². The number of primary amides is 1. The van der Waals surface area contributed by atoms with Gasteiger partial charge in [0.15, 0.2) is 0 Å². The Morgan fingerprint density at radius 2 is 1.71 bits per heavy atom. The maximum Gasteiger partial charge on any atom is 0.247 e. The van der Waals surface area contributed by atoms with Crippen molar-refractivity contribution < 1.29 is 4.79 Å². The lowest BCUT2D eigenvalue weighted by Crippen LogP contribution is -2.45. The Morgan fingerprint density at radius 3 is 2.29 bits per heavy atom. The third kappa shape index (κ3) is 2.92. The van der Waals surface area contributed by atoms with E-state index in [-0.39, 0.29) is 0 Å². The minimum absolute atomic E-state index is 0.391. The molecule has 2 aromatic carbocycles. The SMILES string of the molecule is Cc1ccc(C(C)(Nc2ccccc2C)C(N)=O)c(C)c1. The summed E-state index contributed by atoms with van der Waals surface area (Å²) in [5.74, 6) is -0.391. The highest BCUT2D eigenvalue weighted by Crippen LogP contribution is 2.30. The molecule has 0 bridgehead atoms. The lowest BCUT2D eigenvalue weighted by atomic mass is 9.86. The van der Waals surface area contributed by atoms with Gasteiger partial charge in [-0.05, 0) is 50.5 Å². The van der Waals surface area contributed by atoms with Crippen molar-refractivity contribution in [3.63, 3.8) is 0 Å². The highest BCUT2D eigenvalue weighted by Gasteiger charge is 2.34. The summed E-state index contributed by atoms with van der Waals surface area (Å²) >= 11 is 0. The van der Waals surface area contributed by atoms with E-state index in [0.717, 1.165) is 22.4 Å². The van der Waals surface area contributed by atoms with Crippen LogP contribution in [-0.2, 0) is 10.3 Å². The largest absolute Gasteiger partial charge is 0.368 e. The third-order valence-corrected chi connectivity index (χ3v) is 3.94. The van der Waals surface area contributed by atoms with E-state index in [1.807, 2.05) is 64.1 Å². The molecule has 3 nitrogen and oxygen atoms in total. The molecule has 21 heavy (non-hydrogen) atoms. The predicted molar refractivity (Wildman–Crippen MR) is 87.3 cm³/mol. The third-order valence-electron chi connectivity index (χ3n) is 3.94. The second kappa shape index (κ2) is 5.60. The number of rotatable bonds is 4. The standard InChI is InChI=1S/C18H22N2O/c1-12-9-10-15(14(3)11-12)18(4,17(19)21)20-16-8-6-5-7-13(16)2/h5-11,20H,1-4H3,(H2,19,21). The summed E-state index contributed by atoms with van der Waals surface area (Å²) in [5, 5.41) is 3.33. The van der Waals surface area contributed by atoms with Crippen molar-refractivity contribution in [3.05, 3.63) is 64.7 Å². The number of benzene rings is 2. The molecular weight excluding hydrogens is 260 g/mol. The number of para-hydroxylation sites is 1. The van der Waals surface area contributed by atoms with Gasteiger partial charge < -0.3 is 11.1 Å². The van der Waals surface area contributed by atoms with Crippen molar-refractivity contribution in [2.75, 3.05) is 5.32 Å². The van der Waals surface area contributed by atoms with Crippen LogP contribution >= 0.6 is 0 Å². The molecule has 0 spiro atoms.